The van der Waals surface area contributed by atoms with Gasteiger partial charge in [-0.2, -0.15) is 0 Å². The van der Waals surface area contributed by atoms with Crippen LogP contribution in [-0.2, 0) is 17.6 Å². The molecule has 19 heavy (non-hydrogen) atoms. The van der Waals surface area contributed by atoms with Crippen LogP contribution in [0, 0.1) is 5.41 Å². The third-order valence-corrected chi connectivity index (χ3v) is 3.27. The fourth-order valence-corrected chi connectivity index (χ4v) is 1.86. The molecule has 0 unspecified atom stereocenters. The molecule has 1 aromatic rings. The molecule has 0 saturated carbocycles. The second-order valence-corrected chi connectivity index (χ2v) is 6.49. The maximum Gasteiger partial charge on any atom is 0.309 e. The predicted octanol–water partition coefficient (Wildman–Crippen LogP) is 3.04. The Bertz CT molecular complexity index is 424. The van der Waals surface area contributed by atoms with Crippen molar-refractivity contribution in [2.75, 3.05) is 0 Å². The average molecular weight is 264 g/mol. The fourth-order valence-electron chi connectivity index (χ4n) is 1.86. The first-order valence-electron chi connectivity index (χ1n) is 6.64. The van der Waals surface area contributed by atoms with Gasteiger partial charge < -0.3 is 10.2 Å². The molecule has 1 rings (SSSR count). The molecule has 0 radical (unpaired) electrons. The molecular formula is C16H24O3. The number of hydrogen-bond acceptors (Lipinski definition) is 2. The zero-order chi connectivity index (χ0) is 14.7. The first-order valence-corrected chi connectivity index (χ1v) is 6.64. The predicted molar refractivity (Wildman–Crippen MR) is 76.2 cm³/mol. The van der Waals surface area contributed by atoms with Gasteiger partial charge >= 0.3 is 5.97 Å². The summed E-state index contributed by atoms with van der Waals surface area (Å²) in [6.07, 6.45) is 2.06. The highest BCUT2D eigenvalue weighted by Crippen LogP contribution is 2.22. The molecule has 106 valence electrons. The number of aliphatic hydroxyl groups is 1. The van der Waals surface area contributed by atoms with Crippen molar-refractivity contribution < 1.29 is 15.0 Å². The van der Waals surface area contributed by atoms with Gasteiger partial charge in [-0.15, -0.1) is 0 Å². The molecule has 0 aliphatic carbocycles. The highest BCUT2D eigenvalue weighted by atomic mass is 16.4. The lowest BCUT2D eigenvalue weighted by Crippen LogP contribution is -2.26. The number of carboxylic acids is 1. The second kappa shape index (κ2) is 5.74. The van der Waals surface area contributed by atoms with Gasteiger partial charge in [-0.05, 0) is 58.1 Å². The van der Waals surface area contributed by atoms with Gasteiger partial charge in [0.1, 0.15) is 0 Å². The number of benzene rings is 1. The summed E-state index contributed by atoms with van der Waals surface area (Å²) in [6, 6.07) is 7.98. The zero-order valence-electron chi connectivity index (χ0n) is 12.2. The van der Waals surface area contributed by atoms with Crippen LogP contribution in [0.3, 0.4) is 0 Å². The van der Waals surface area contributed by atoms with Gasteiger partial charge in [-0.25, -0.2) is 0 Å². The van der Waals surface area contributed by atoms with Crippen molar-refractivity contribution in [1.29, 1.82) is 0 Å². The summed E-state index contributed by atoms with van der Waals surface area (Å²) >= 11 is 0. The molecule has 3 heteroatoms. The summed E-state index contributed by atoms with van der Waals surface area (Å²) in [4.78, 5) is 11.1. The zero-order valence-corrected chi connectivity index (χ0v) is 12.2. The van der Waals surface area contributed by atoms with Crippen LogP contribution < -0.4 is 0 Å². The minimum Gasteiger partial charge on any atom is -0.481 e. The van der Waals surface area contributed by atoms with E-state index < -0.39 is 17.0 Å². The Balaban J connectivity index is 2.64. The lowest BCUT2D eigenvalue weighted by atomic mass is 9.85. The molecule has 2 N–H and O–H groups in total. The van der Waals surface area contributed by atoms with Gasteiger partial charge in [0.25, 0.3) is 0 Å². The molecule has 1 aromatic carbocycles. The van der Waals surface area contributed by atoms with Gasteiger partial charge in [0, 0.05) is 0 Å². The maximum absolute atomic E-state index is 11.1. The fraction of sp³-hybridized carbons (Fsp3) is 0.562. The van der Waals surface area contributed by atoms with Gasteiger partial charge in [0.15, 0.2) is 0 Å². The third kappa shape index (κ3) is 5.43. The normalized spacial score (nSPS) is 12.5. The van der Waals surface area contributed by atoms with Gasteiger partial charge in [0.05, 0.1) is 11.0 Å². The summed E-state index contributed by atoms with van der Waals surface area (Å²) in [5.41, 5.74) is 0.803. The SMILES string of the molecule is CC(C)(O)CCc1ccc(CC(C)(C)C(=O)O)cc1. The monoisotopic (exact) mass is 264 g/mol. The van der Waals surface area contributed by atoms with E-state index in [1.807, 2.05) is 24.3 Å². The Labute approximate surface area is 115 Å². The highest BCUT2D eigenvalue weighted by molar-refractivity contribution is 5.74. The van der Waals surface area contributed by atoms with Crippen molar-refractivity contribution in [3.63, 3.8) is 0 Å². The Morgan fingerprint density at radius 1 is 1.05 bits per heavy atom. The number of hydrogen-bond donors (Lipinski definition) is 2. The Hall–Kier alpha value is -1.35. The molecule has 3 nitrogen and oxygen atoms in total. The van der Waals surface area contributed by atoms with Gasteiger partial charge in [-0.1, -0.05) is 24.3 Å². The smallest absolute Gasteiger partial charge is 0.309 e. The van der Waals surface area contributed by atoms with E-state index in [4.69, 9.17) is 5.11 Å². The molecule has 0 aromatic heterocycles. The van der Waals surface area contributed by atoms with Crippen molar-refractivity contribution in [1.82, 2.24) is 0 Å². The van der Waals surface area contributed by atoms with E-state index in [1.54, 1.807) is 27.7 Å². The van der Waals surface area contributed by atoms with Crippen LogP contribution in [0.15, 0.2) is 24.3 Å². The number of aryl methyl sites for hydroxylation is 1. The topological polar surface area (TPSA) is 57.5 Å². The summed E-state index contributed by atoms with van der Waals surface area (Å²) in [5, 5.41) is 18.8. The second-order valence-electron chi connectivity index (χ2n) is 6.49. The van der Waals surface area contributed by atoms with Crippen molar-refractivity contribution >= 4 is 5.97 Å². The van der Waals surface area contributed by atoms with Crippen molar-refractivity contribution in [3.8, 4) is 0 Å². The van der Waals surface area contributed by atoms with Crippen molar-refractivity contribution in [2.45, 2.75) is 52.6 Å². The number of carboxylic acid groups (broad SMARTS) is 1. The van der Waals surface area contributed by atoms with Crippen LogP contribution in [0.4, 0.5) is 0 Å². The summed E-state index contributed by atoms with van der Waals surface area (Å²) in [6.45, 7) is 7.07. The van der Waals surface area contributed by atoms with Crippen LogP contribution in [-0.4, -0.2) is 21.8 Å². The maximum atomic E-state index is 11.1. The van der Waals surface area contributed by atoms with E-state index >= 15 is 0 Å². The summed E-state index contributed by atoms with van der Waals surface area (Å²) in [5.74, 6) is -0.779. The van der Waals surface area contributed by atoms with E-state index in [-0.39, 0.29) is 0 Å². The largest absolute Gasteiger partial charge is 0.481 e. The minimum absolute atomic E-state index is 0.522. The van der Waals surface area contributed by atoms with Gasteiger partial charge in [-0.3, -0.25) is 4.79 Å². The molecule has 0 fully saturated rings. The number of rotatable bonds is 6. The van der Waals surface area contributed by atoms with Crippen LogP contribution in [0.25, 0.3) is 0 Å². The van der Waals surface area contributed by atoms with Crippen LogP contribution in [0.2, 0.25) is 0 Å². The number of carbonyl (C=O) groups is 1. The van der Waals surface area contributed by atoms with Crippen LogP contribution in [0.5, 0.6) is 0 Å². The van der Waals surface area contributed by atoms with E-state index in [9.17, 15) is 9.90 Å². The standard InChI is InChI=1S/C16H24O3/c1-15(2,14(17)18)11-13-7-5-12(6-8-13)9-10-16(3,4)19/h5-8,19H,9-11H2,1-4H3,(H,17,18). The molecule has 0 aliphatic heterocycles. The van der Waals surface area contributed by atoms with E-state index in [1.165, 1.54) is 5.56 Å². The molecule has 0 atom stereocenters. The molecule has 0 heterocycles. The van der Waals surface area contributed by atoms with E-state index in [2.05, 4.69) is 0 Å². The Morgan fingerprint density at radius 2 is 1.53 bits per heavy atom. The quantitative estimate of drug-likeness (QED) is 0.830. The lowest BCUT2D eigenvalue weighted by Gasteiger charge is -2.19. The van der Waals surface area contributed by atoms with Crippen LogP contribution >= 0.6 is 0 Å². The first kappa shape index (κ1) is 15.7. The molecule has 0 bridgehead atoms. The number of aliphatic carboxylic acids is 1. The molecule has 0 saturated heterocycles. The minimum atomic E-state index is -0.779. The summed E-state index contributed by atoms with van der Waals surface area (Å²) < 4.78 is 0. The van der Waals surface area contributed by atoms with Crippen molar-refractivity contribution in [2.24, 2.45) is 5.41 Å². The Kier molecular flexibility index (Phi) is 4.75. The van der Waals surface area contributed by atoms with Crippen LogP contribution in [0.1, 0.15) is 45.2 Å². The highest BCUT2D eigenvalue weighted by Gasteiger charge is 2.27. The molecule has 0 amide bonds. The molecule has 0 aliphatic rings. The molecular weight excluding hydrogens is 240 g/mol. The first-order chi connectivity index (χ1) is 8.60. The third-order valence-electron chi connectivity index (χ3n) is 3.27. The van der Waals surface area contributed by atoms with Crippen molar-refractivity contribution in [3.05, 3.63) is 35.4 Å². The van der Waals surface area contributed by atoms with E-state index in [0.717, 1.165) is 12.0 Å². The van der Waals surface area contributed by atoms with Gasteiger partial charge in [0.2, 0.25) is 0 Å². The van der Waals surface area contributed by atoms with E-state index in [0.29, 0.717) is 12.8 Å². The summed E-state index contributed by atoms with van der Waals surface area (Å²) in [7, 11) is 0. The Morgan fingerprint density at radius 3 is 1.95 bits per heavy atom. The molecule has 0 spiro atoms. The lowest BCUT2D eigenvalue weighted by molar-refractivity contribution is -0.146. The average Bonchev–Trinajstić information content (AvgIpc) is 2.26.